The van der Waals surface area contributed by atoms with Gasteiger partial charge in [0.2, 0.25) is 5.91 Å². The lowest BCUT2D eigenvalue weighted by Gasteiger charge is -2.24. The van der Waals surface area contributed by atoms with Crippen molar-refractivity contribution in [2.75, 3.05) is 18.1 Å². The number of rotatable bonds is 8. The van der Waals surface area contributed by atoms with Crippen LogP contribution >= 0.6 is 0 Å². The third-order valence-corrected chi connectivity index (χ3v) is 2.77. The fourth-order valence-electron chi connectivity index (χ4n) is 1.79. The van der Waals surface area contributed by atoms with Crippen LogP contribution in [-0.4, -0.2) is 30.1 Å². The SMILES string of the molecule is CCCOc1ccccc1N(CCC(=O)O)C(=O)CC. The van der Waals surface area contributed by atoms with E-state index in [0.29, 0.717) is 24.5 Å². The lowest BCUT2D eigenvalue weighted by Crippen LogP contribution is -2.32. The normalized spacial score (nSPS) is 10.1. The molecular weight excluding hydrogens is 258 g/mol. The Morgan fingerprint density at radius 3 is 2.55 bits per heavy atom. The number of amides is 1. The molecule has 110 valence electrons. The van der Waals surface area contributed by atoms with Crippen molar-refractivity contribution in [2.24, 2.45) is 0 Å². The van der Waals surface area contributed by atoms with E-state index >= 15 is 0 Å². The van der Waals surface area contributed by atoms with Gasteiger partial charge in [0.05, 0.1) is 18.7 Å². The Bertz CT molecular complexity index is 459. The number of carbonyl (C=O) groups is 2. The summed E-state index contributed by atoms with van der Waals surface area (Å²) in [7, 11) is 0. The van der Waals surface area contributed by atoms with Gasteiger partial charge in [0.25, 0.3) is 0 Å². The van der Waals surface area contributed by atoms with E-state index in [2.05, 4.69) is 0 Å². The average molecular weight is 279 g/mol. The Labute approximate surface area is 119 Å². The number of benzene rings is 1. The van der Waals surface area contributed by atoms with Gasteiger partial charge in [-0.3, -0.25) is 9.59 Å². The molecule has 20 heavy (non-hydrogen) atoms. The van der Waals surface area contributed by atoms with Crippen LogP contribution in [0.25, 0.3) is 0 Å². The predicted molar refractivity (Wildman–Crippen MR) is 77.1 cm³/mol. The molecule has 0 atom stereocenters. The molecule has 0 bridgehead atoms. The Kier molecular flexibility index (Phi) is 6.56. The molecule has 0 aliphatic heterocycles. The fourth-order valence-corrected chi connectivity index (χ4v) is 1.79. The maximum Gasteiger partial charge on any atom is 0.305 e. The van der Waals surface area contributed by atoms with Crippen LogP contribution in [0.4, 0.5) is 5.69 Å². The van der Waals surface area contributed by atoms with Crippen LogP contribution in [0.5, 0.6) is 5.75 Å². The average Bonchev–Trinajstić information content (AvgIpc) is 2.45. The number of nitrogens with zero attached hydrogens (tertiary/aromatic N) is 1. The van der Waals surface area contributed by atoms with Crippen molar-refractivity contribution in [3.63, 3.8) is 0 Å². The van der Waals surface area contributed by atoms with Gasteiger partial charge < -0.3 is 14.7 Å². The summed E-state index contributed by atoms with van der Waals surface area (Å²) in [6, 6.07) is 7.22. The zero-order chi connectivity index (χ0) is 15.0. The molecular formula is C15H21NO4. The van der Waals surface area contributed by atoms with Crippen molar-refractivity contribution in [2.45, 2.75) is 33.1 Å². The molecule has 0 aliphatic carbocycles. The molecule has 0 fully saturated rings. The van der Waals surface area contributed by atoms with Crippen molar-refractivity contribution < 1.29 is 19.4 Å². The highest BCUT2D eigenvalue weighted by Crippen LogP contribution is 2.29. The van der Waals surface area contributed by atoms with E-state index < -0.39 is 5.97 Å². The summed E-state index contributed by atoms with van der Waals surface area (Å²) in [4.78, 5) is 24.2. The first-order chi connectivity index (χ1) is 9.60. The van der Waals surface area contributed by atoms with E-state index in [4.69, 9.17) is 9.84 Å². The number of carboxylic acid groups (broad SMARTS) is 1. The van der Waals surface area contributed by atoms with Crippen molar-refractivity contribution in [1.29, 1.82) is 0 Å². The second-order valence-electron chi connectivity index (χ2n) is 4.36. The summed E-state index contributed by atoms with van der Waals surface area (Å²) < 4.78 is 5.63. The smallest absolute Gasteiger partial charge is 0.305 e. The van der Waals surface area contributed by atoms with E-state index in [0.717, 1.165) is 6.42 Å². The van der Waals surface area contributed by atoms with Crippen LogP contribution in [0, 0.1) is 0 Å². The number of carboxylic acids is 1. The maximum atomic E-state index is 12.0. The highest BCUT2D eigenvalue weighted by molar-refractivity contribution is 5.95. The monoisotopic (exact) mass is 279 g/mol. The Hall–Kier alpha value is -2.04. The van der Waals surface area contributed by atoms with Crippen molar-refractivity contribution >= 4 is 17.6 Å². The Morgan fingerprint density at radius 2 is 1.95 bits per heavy atom. The largest absolute Gasteiger partial charge is 0.491 e. The van der Waals surface area contributed by atoms with Crippen LogP contribution in [-0.2, 0) is 9.59 Å². The van der Waals surface area contributed by atoms with Gasteiger partial charge in [-0.05, 0) is 18.6 Å². The summed E-state index contributed by atoms with van der Waals surface area (Å²) in [6.07, 6.45) is 1.10. The standard InChI is InChI=1S/C15H21NO4/c1-3-11-20-13-8-6-5-7-12(13)16(14(17)4-2)10-9-15(18)19/h5-8H,3-4,9-11H2,1-2H3,(H,18,19). The van der Waals surface area contributed by atoms with E-state index in [-0.39, 0.29) is 18.9 Å². The summed E-state index contributed by atoms with van der Waals surface area (Å²) in [5.41, 5.74) is 0.633. The topological polar surface area (TPSA) is 66.8 Å². The van der Waals surface area contributed by atoms with E-state index in [1.165, 1.54) is 4.90 Å². The molecule has 0 aliphatic rings. The maximum absolute atomic E-state index is 12.0. The van der Waals surface area contributed by atoms with Crippen molar-refractivity contribution in [1.82, 2.24) is 0 Å². The fraction of sp³-hybridized carbons (Fsp3) is 0.467. The van der Waals surface area contributed by atoms with Crippen molar-refractivity contribution in [3.8, 4) is 5.75 Å². The number of hydrogen-bond donors (Lipinski definition) is 1. The third kappa shape index (κ3) is 4.57. The molecule has 0 saturated carbocycles. The van der Waals surface area contributed by atoms with E-state index in [9.17, 15) is 9.59 Å². The molecule has 0 aromatic heterocycles. The van der Waals surface area contributed by atoms with Gasteiger partial charge >= 0.3 is 5.97 Å². The zero-order valence-corrected chi connectivity index (χ0v) is 12.0. The molecule has 0 spiro atoms. The van der Waals surface area contributed by atoms with Gasteiger partial charge in [0.1, 0.15) is 5.75 Å². The minimum absolute atomic E-state index is 0.0894. The molecule has 1 amide bonds. The molecule has 1 aromatic carbocycles. The zero-order valence-electron chi connectivity index (χ0n) is 12.0. The molecule has 0 unspecified atom stereocenters. The number of ether oxygens (including phenoxy) is 1. The number of hydrogen-bond acceptors (Lipinski definition) is 3. The van der Waals surface area contributed by atoms with Gasteiger partial charge in [0, 0.05) is 13.0 Å². The minimum Gasteiger partial charge on any atom is -0.491 e. The third-order valence-electron chi connectivity index (χ3n) is 2.77. The van der Waals surface area contributed by atoms with Crippen LogP contribution in [0.2, 0.25) is 0 Å². The van der Waals surface area contributed by atoms with E-state index in [1.807, 2.05) is 19.1 Å². The van der Waals surface area contributed by atoms with Crippen LogP contribution < -0.4 is 9.64 Å². The molecule has 5 nitrogen and oxygen atoms in total. The quantitative estimate of drug-likeness (QED) is 0.794. The number of carbonyl (C=O) groups excluding carboxylic acids is 1. The molecule has 0 radical (unpaired) electrons. The molecule has 1 aromatic rings. The van der Waals surface area contributed by atoms with Gasteiger partial charge in [-0.2, -0.15) is 0 Å². The first kappa shape index (κ1) is 16.0. The summed E-state index contributed by atoms with van der Waals surface area (Å²) >= 11 is 0. The van der Waals surface area contributed by atoms with Crippen molar-refractivity contribution in [3.05, 3.63) is 24.3 Å². The highest BCUT2D eigenvalue weighted by Gasteiger charge is 2.18. The number of anilines is 1. The second kappa shape index (κ2) is 8.19. The minimum atomic E-state index is -0.925. The number of para-hydroxylation sites is 2. The van der Waals surface area contributed by atoms with E-state index in [1.54, 1.807) is 19.1 Å². The highest BCUT2D eigenvalue weighted by atomic mass is 16.5. The first-order valence-corrected chi connectivity index (χ1v) is 6.84. The Morgan fingerprint density at radius 1 is 1.25 bits per heavy atom. The van der Waals surface area contributed by atoms with Gasteiger partial charge in [0.15, 0.2) is 0 Å². The first-order valence-electron chi connectivity index (χ1n) is 6.84. The lowest BCUT2D eigenvalue weighted by atomic mass is 10.2. The lowest BCUT2D eigenvalue weighted by molar-refractivity contribution is -0.136. The second-order valence-corrected chi connectivity index (χ2v) is 4.36. The molecule has 0 heterocycles. The van der Waals surface area contributed by atoms with Gasteiger partial charge in [-0.15, -0.1) is 0 Å². The molecule has 0 saturated heterocycles. The molecule has 1 rings (SSSR count). The molecule has 1 N–H and O–H groups in total. The van der Waals surface area contributed by atoms with Crippen LogP contribution in [0.1, 0.15) is 33.1 Å². The summed E-state index contributed by atoms with van der Waals surface area (Å²) in [5.74, 6) is -0.425. The Balaban J connectivity index is 2.99. The summed E-state index contributed by atoms with van der Waals surface area (Å²) in [6.45, 7) is 4.46. The molecule has 5 heteroatoms. The predicted octanol–water partition coefficient (Wildman–Crippen LogP) is 2.69. The van der Waals surface area contributed by atoms with Crippen LogP contribution in [0.3, 0.4) is 0 Å². The summed E-state index contributed by atoms with van der Waals surface area (Å²) in [5, 5.41) is 8.81. The van der Waals surface area contributed by atoms with Gasteiger partial charge in [-0.1, -0.05) is 26.0 Å². The van der Waals surface area contributed by atoms with Gasteiger partial charge in [-0.25, -0.2) is 0 Å². The number of aliphatic carboxylic acids is 1. The van der Waals surface area contributed by atoms with Crippen LogP contribution in [0.15, 0.2) is 24.3 Å².